The summed E-state index contributed by atoms with van der Waals surface area (Å²) in [5, 5.41) is 10.9. The standard InChI is InChI=1S/C10H7ClO2.C7H5ClO2/c1-6(12)9-4-7-2-3-8(11)5-10(7)13-9;8-6-2-1-5(4-9)7(10)3-6/h2-5H,1H3;1-4,10H. The van der Waals surface area contributed by atoms with Crippen molar-refractivity contribution in [1.29, 1.82) is 0 Å². The van der Waals surface area contributed by atoms with Crippen LogP contribution in [0.5, 0.6) is 5.75 Å². The third-order valence-corrected chi connectivity index (χ3v) is 3.42. The average Bonchev–Trinajstić information content (AvgIpc) is 2.91. The van der Waals surface area contributed by atoms with Crippen LogP contribution in [0.1, 0.15) is 27.8 Å². The van der Waals surface area contributed by atoms with Gasteiger partial charge in [-0.2, -0.15) is 0 Å². The van der Waals surface area contributed by atoms with E-state index >= 15 is 0 Å². The highest BCUT2D eigenvalue weighted by molar-refractivity contribution is 6.31. The Kier molecular flexibility index (Phi) is 5.42. The zero-order chi connectivity index (χ0) is 17.0. The highest BCUT2D eigenvalue weighted by atomic mass is 35.5. The predicted octanol–water partition coefficient (Wildman–Crippen LogP) is 5.15. The minimum Gasteiger partial charge on any atom is -0.507 e. The summed E-state index contributed by atoms with van der Waals surface area (Å²) in [6, 6.07) is 11.3. The number of ketones is 1. The smallest absolute Gasteiger partial charge is 0.194 e. The molecule has 0 radical (unpaired) electrons. The van der Waals surface area contributed by atoms with Crippen LogP contribution in [0, 0.1) is 0 Å². The minimum atomic E-state index is -0.0810. The zero-order valence-corrected chi connectivity index (χ0v) is 13.6. The highest BCUT2D eigenvalue weighted by Gasteiger charge is 2.07. The maximum atomic E-state index is 11.0. The van der Waals surface area contributed by atoms with Crippen molar-refractivity contribution >= 4 is 46.2 Å². The van der Waals surface area contributed by atoms with Gasteiger partial charge in [-0.05, 0) is 36.4 Å². The molecule has 0 atom stereocenters. The number of hydrogen-bond donors (Lipinski definition) is 1. The van der Waals surface area contributed by atoms with Crippen LogP contribution in [0.2, 0.25) is 10.0 Å². The van der Waals surface area contributed by atoms with Crippen LogP contribution in [0.3, 0.4) is 0 Å². The zero-order valence-electron chi connectivity index (χ0n) is 12.0. The number of benzene rings is 2. The normalized spacial score (nSPS) is 10.0. The van der Waals surface area contributed by atoms with Gasteiger partial charge in [-0.3, -0.25) is 9.59 Å². The van der Waals surface area contributed by atoms with Crippen LogP contribution >= 0.6 is 23.2 Å². The number of furan rings is 1. The maximum absolute atomic E-state index is 11.0. The number of Topliss-reactive ketones (excluding diaryl/α,β-unsaturated/α-hetero) is 1. The van der Waals surface area contributed by atoms with Crippen LogP contribution in [-0.2, 0) is 0 Å². The highest BCUT2D eigenvalue weighted by Crippen LogP contribution is 2.23. The van der Waals surface area contributed by atoms with Crippen molar-refractivity contribution in [3.63, 3.8) is 0 Å². The molecule has 0 aliphatic heterocycles. The van der Waals surface area contributed by atoms with Crippen LogP contribution in [0.4, 0.5) is 0 Å². The van der Waals surface area contributed by atoms with E-state index in [-0.39, 0.29) is 17.1 Å². The predicted molar refractivity (Wildman–Crippen MR) is 89.7 cm³/mol. The number of rotatable bonds is 2. The molecule has 0 unspecified atom stereocenters. The number of fused-ring (bicyclic) bond motifs is 1. The third-order valence-electron chi connectivity index (χ3n) is 2.95. The van der Waals surface area contributed by atoms with Gasteiger partial charge < -0.3 is 9.52 Å². The topological polar surface area (TPSA) is 67.5 Å². The molecular formula is C17H12Cl2O4. The van der Waals surface area contributed by atoms with E-state index in [1.54, 1.807) is 24.3 Å². The van der Waals surface area contributed by atoms with E-state index in [0.717, 1.165) is 5.39 Å². The molecule has 0 spiro atoms. The molecule has 118 valence electrons. The van der Waals surface area contributed by atoms with Gasteiger partial charge in [0.05, 0.1) is 5.56 Å². The second kappa shape index (κ2) is 7.31. The number of phenolic OH excluding ortho intramolecular Hbond substituents is 1. The second-order valence-electron chi connectivity index (χ2n) is 4.67. The summed E-state index contributed by atoms with van der Waals surface area (Å²) in [5.41, 5.74) is 0.905. The van der Waals surface area contributed by atoms with Gasteiger partial charge in [-0.15, -0.1) is 0 Å². The fourth-order valence-electron chi connectivity index (χ4n) is 1.79. The largest absolute Gasteiger partial charge is 0.507 e. The molecule has 0 amide bonds. The number of carbonyl (C=O) groups is 2. The Bertz CT molecular complexity index is 868. The molecule has 3 aromatic rings. The van der Waals surface area contributed by atoms with Gasteiger partial charge in [0, 0.05) is 28.4 Å². The molecule has 1 heterocycles. The number of carbonyl (C=O) groups excluding carboxylic acids is 2. The maximum Gasteiger partial charge on any atom is 0.194 e. The van der Waals surface area contributed by atoms with Crippen molar-refractivity contribution in [3.05, 3.63) is 63.8 Å². The van der Waals surface area contributed by atoms with Gasteiger partial charge in [0.25, 0.3) is 0 Å². The van der Waals surface area contributed by atoms with Gasteiger partial charge in [-0.25, -0.2) is 0 Å². The van der Waals surface area contributed by atoms with E-state index in [0.29, 0.717) is 27.7 Å². The third kappa shape index (κ3) is 4.34. The van der Waals surface area contributed by atoms with E-state index in [2.05, 4.69) is 0 Å². The van der Waals surface area contributed by atoms with Crippen molar-refractivity contribution in [2.24, 2.45) is 0 Å². The molecule has 1 N–H and O–H groups in total. The first-order valence-corrected chi connectivity index (χ1v) is 7.30. The van der Waals surface area contributed by atoms with Crippen LogP contribution in [0.15, 0.2) is 46.9 Å². The molecule has 0 aliphatic carbocycles. The summed E-state index contributed by atoms with van der Waals surface area (Å²) >= 11 is 11.3. The Morgan fingerprint density at radius 3 is 2.35 bits per heavy atom. The van der Waals surface area contributed by atoms with Gasteiger partial charge in [0.15, 0.2) is 17.8 Å². The van der Waals surface area contributed by atoms with Crippen molar-refractivity contribution in [3.8, 4) is 5.75 Å². The van der Waals surface area contributed by atoms with Gasteiger partial charge in [-0.1, -0.05) is 23.2 Å². The molecule has 6 heteroatoms. The summed E-state index contributed by atoms with van der Waals surface area (Å²) in [6.07, 6.45) is 0.575. The van der Waals surface area contributed by atoms with Crippen LogP contribution < -0.4 is 0 Å². The van der Waals surface area contributed by atoms with E-state index in [9.17, 15) is 9.59 Å². The van der Waals surface area contributed by atoms with E-state index in [1.165, 1.54) is 19.1 Å². The summed E-state index contributed by atoms with van der Waals surface area (Å²) < 4.78 is 5.28. The molecule has 3 rings (SSSR count). The lowest BCUT2D eigenvalue weighted by Gasteiger charge is -1.94. The van der Waals surface area contributed by atoms with E-state index < -0.39 is 0 Å². The Morgan fingerprint density at radius 1 is 1.09 bits per heavy atom. The first-order chi connectivity index (χ1) is 10.9. The molecule has 0 aliphatic rings. The fourth-order valence-corrected chi connectivity index (χ4v) is 2.12. The Balaban J connectivity index is 0.000000174. The van der Waals surface area contributed by atoms with Gasteiger partial charge in [0.2, 0.25) is 0 Å². The lowest BCUT2D eigenvalue weighted by molar-refractivity contribution is 0.0989. The lowest BCUT2D eigenvalue weighted by Crippen LogP contribution is -1.85. The molecule has 0 saturated carbocycles. The monoisotopic (exact) mass is 350 g/mol. The summed E-state index contributed by atoms with van der Waals surface area (Å²) in [5.74, 6) is 0.215. The van der Waals surface area contributed by atoms with Crippen molar-refractivity contribution in [2.75, 3.05) is 0 Å². The Labute approximate surface area is 142 Å². The first-order valence-electron chi connectivity index (χ1n) is 6.54. The van der Waals surface area contributed by atoms with Gasteiger partial charge >= 0.3 is 0 Å². The quantitative estimate of drug-likeness (QED) is 0.512. The van der Waals surface area contributed by atoms with Crippen LogP contribution in [0.25, 0.3) is 11.0 Å². The summed E-state index contributed by atoms with van der Waals surface area (Å²) in [4.78, 5) is 21.1. The molecule has 0 bridgehead atoms. The number of hydrogen-bond acceptors (Lipinski definition) is 4. The first kappa shape index (κ1) is 17.1. The van der Waals surface area contributed by atoms with Gasteiger partial charge in [0.1, 0.15) is 11.3 Å². The minimum absolute atomic E-state index is 0.0766. The summed E-state index contributed by atoms with van der Waals surface area (Å²) in [7, 11) is 0. The molecule has 4 nitrogen and oxygen atoms in total. The number of aldehydes is 1. The molecular weight excluding hydrogens is 339 g/mol. The second-order valence-corrected chi connectivity index (χ2v) is 5.54. The Morgan fingerprint density at radius 2 is 1.74 bits per heavy atom. The van der Waals surface area contributed by atoms with Crippen molar-refractivity contribution < 1.29 is 19.1 Å². The SMILES string of the molecule is CC(=O)c1cc2ccc(Cl)cc2o1.O=Cc1ccc(Cl)cc1O. The molecule has 2 aromatic carbocycles. The van der Waals surface area contributed by atoms with E-state index in [4.69, 9.17) is 32.7 Å². The number of aromatic hydroxyl groups is 1. The lowest BCUT2D eigenvalue weighted by atomic mass is 10.2. The molecule has 0 saturated heterocycles. The van der Waals surface area contributed by atoms with Crippen LogP contribution in [-0.4, -0.2) is 17.2 Å². The van der Waals surface area contributed by atoms with Crippen molar-refractivity contribution in [1.82, 2.24) is 0 Å². The average molecular weight is 351 g/mol. The number of phenols is 1. The summed E-state index contributed by atoms with van der Waals surface area (Å²) in [6.45, 7) is 1.47. The fraction of sp³-hybridized carbons (Fsp3) is 0.0588. The molecule has 0 fully saturated rings. The molecule has 1 aromatic heterocycles. The van der Waals surface area contributed by atoms with E-state index in [1.807, 2.05) is 6.07 Å². The van der Waals surface area contributed by atoms with Crippen molar-refractivity contribution in [2.45, 2.75) is 6.92 Å². The number of halogens is 2. The molecule has 23 heavy (non-hydrogen) atoms. The Hall–Kier alpha value is -2.30.